The van der Waals surface area contributed by atoms with Crippen molar-refractivity contribution in [3.05, 3.63) is 108 Å². The van der Waals surface area contributed by atoms with Crippen LogP contribution in [-0.2, 0) is 26.2 Å². The molecule has 0 fully saturated rings. The second-order valence-corrected chi connectivity index (χ2v) is 7.54. The van der Waals surface area contributed by atoms with E-state index >= 15 is 0 Å². The standard InChI is InChI=1S/C25H29N7.HI/c1-2-26-25(27-17-21-8-5-9-22(16-21)19-31-14-6-12-29-31)28-18-23-10-3-4-11-24(23)20-32-15-7-13-30-32;/h3-16H,2,17-20H2,1H3,(H2,26,27,28);1H. The van der Waals surface area contributed by atoms with Gasteiger partial charge in [-0.1, -0.05) is 48.5 Å². The molecule has 2 aromatic heterocycles. The van der Waals surface area contributed by atoms with Crippen LogP contribution in [0.25, 0.3) is 0 Å². The van der Waals surface area contributed by atoms with Gasteiger partial charge in [0, 0.05) is 37.9 Å². The van der Waals surface area contributed by atoms with Crippen LogP contribution in [0, 0.1) is 0 Å². The molecular weight excluding hydrogens is 525 g/mol. The van der Waals surface area contributed by atoms with Crippen molar-refractivity contribution in [3.63, 3.8) is 0 Å². The first kappa shape index (κ1) is 24.5. The van der Waals surface area contributed by atoms with Crippen molar-refractivity contribution in [3.8, 4) is 0 Å². The smallest absolute Gasteiger partial charge is 0.191 e. The number of aliphatic imine (C=N–C) groups is 1. The van der Waals surface area contributed by atoms with E-state index in [2.05, 4.69) is 76.3 Å². The van der Waals surface area contributed by atoms with Crippen molar-refractivity contribution in [2.75, 3.05) is 6.54 Å². The third-order valence-corrected chi connectivity index (χ3v) is 5.12. The number of benzene rings is 2. The molecule has 0 spiro atoms. The van der Waals surface area contributed by atoms with Crippen molar-refractivity contribution < 1.29 is 0 Å². The Balaban J connectivity index is 0.00000306. The van der Waals surface area contributed by atoms with Crippen LogP contribution in [-0.4, -0.2) is 32.1 Å². The predicted octanol–water partition coefficient (Wildman–Crippen LogP) is 4.05. The first-order valence-corrected chi connectivity index (χ1v) is 10.9. The van der Waals surface area contributed by atoms with Crippen LogP contribution in [0.15, 0.2) is 90.4 Å². The van der Waals surface area contributed by atoms with Gasteiger partial charge in [-0.05, 0) is 41.3 Å². The lowest BCUT2D eigenvalue weighted by molar-refractivity contribution is 0.677. The number of nitrogens with one attached hydrogen (secondary N) is 2. The molecule has 0 atom stereocenters. The van der Waals surface area contributed by atoms with E-state index in [-0.39, 0.29) is 24.0 Å². The summed E-state index contributed by atoms with van der Waals surface area (Å²) in [6, 6.07) is 20.8. The minimum absolute atomic E-state index is 0. The number of rotatable bonds is 9. The molecule has 2 N–H and O–H groups in total. The van der Waals surface area contributed by atoms with E-state index in [1.807, 2.05) is 33.9 Å². The highest BCUT2D eigenvalue weighted by Crippen LogP contribution is 2.11. The summed E-state index contributed by atoms with van der Waals surface area (Å²) in [5.74, 6) is 0.805. The lowest BCUT2D eigenvalue weighted by Gasteiger charge is -2.14. The first-order chi connectivity index (χ1) is 15.8. The molecule has 8 heteroatoms. The van der Waals surface area contributed by atoms with Crippen LogP contribution in [0.1, 0.15) is 29.2 Å². The topological polar surface area (TPSA) is 72.1 Å². The summed E-state index contributed by atoms with van der Waals surface area (Å²) in [6.07, 6.45) is 7.56. The van der Waals surface area contributed by atoms with Crippen LogP contribution in [0.4, 0.5) is 0 Å². The Hall–Kier alpha value is -3.14. The maximum atomic E-state index is 4.80. The van der Waals surface area contributed by atoms with Gasteiger partial charge in [-0.15, -0.1) is 24.0 Å². The van der Waals surface area contributed by atoms with Crippen LogP contribution >= 0.6 is 24.0 Å². The monoisotopic (exact) mass is 555 g/mol. The Kier molecular flexibility index (Phi) is 9.49. The zero-order valence-electron chi connectivity index (χ0n) is 18.8. The molecule has 0 unspecified atom stereocenters. The molecule has 0 bridgehead atoms. The summed E-state index contributed by atoms with van der Waals surface area (Å²) in [7, 11) is 0. The number of aromatic nitrogens is 4. The largest absolute Gasteiger partial charge is 0.357 e. The molecule has 2 aromatic carbocycles. The average molecular weight is 555 g/mol. The second kappa shape index (κ2) is 12.8. The summed E-state index contributed by atoms with van der Waals surface area (Å²) in [6.45, 7) is 5.70. The molecule has 33 heavy (non-hydrogen) atoms. The number of hydrogen-bond donors (Lipinski definition) is 2. The summed E-state index contributed by atoms with van der Waals surface area (Å²) in [5, 5.41) is 15.4. The Morgan fingerprint density at radius 1 is 0.818 bits per heavy atom. The highest BCUT2D eigenvalue weighted by atomic mass is 127. The molecule has 2 heterocycles. The predicted molar refractivity (Wildman–Crippen MR) is 143 cm³/mol. The Morgan fingerprint density at radius 2 is 1.52 bits per heavy atom. The van der Waals surface area contributed by atoms with E-state index in [9.17, 15) is 0 Å². The zero-order chi connectivity index (χ0) is 22.0. The summed E-state index contributed by atoms with van der Waals surface area (Å²) in [5.41, 5.74) is 4.86. The molecular formula is C25H30IN7. The van der Waals surface area contributed by atoms with Crippen molar-refractivity contribution in [2.24, 2.45) is 4.99 Å². The maximum Gasteiger partial charge on any atom is 0.191 e. The maximum absolute atomic E-state index is 4.80. The van der Waals surface area contributed by atoms with Gasteiger partial charge in [0.1, 0.15) is 0 Å². The molecule has 0 aliphatic carbocycles. The van der Waals surface area contributed by atoms with Gasteiger partial charge in [0.15, 0.2) is 5.96 Å². The number of guanidine groups is 1. The van der Waals surface area contributed by atoms with Gasteiger partial charge in [0.05, 0.1) is 19.6 Å². The Morgan fingerprint density at radius 3 is 2.21 bits per heavy atom. The molecule has 0 radical (unpaired) electrons. The van der Waals surface area contributed by atoms with Crippen LogP contribution in [0.3, 0.4) is 0 Å². The lowest BCUT2D eigenvalue weighted by atomic mass is 10.1. The molecule has 4 rings (SSSR count). The molecule has 0 aliphatic rings. The van der Waals surface area contributed by atoms with Crippen LogP contribution in [0.5, 0.6) is 0 Å². The van der Waals surface area contributed by atoms with Gasteiger partial charge in [-0.2, -0.15) is 10.2 Å². The quantitative estimate of drug-likeness (QED) is 0.186. The highest BCUT2D eigenvalue weighted by molar-refractivity contribution is 14.0. The summed E-state index contributed by atoms with van der Waals surface area (Å²) in [4.78, 5) is 4.80. The van der Waals surface area contributed by atoms with Crippen molar-refractivity contribution in [2.45, 2.75) is 33.1 Å². The van der Waals surface area contributed by atoms with Gasteiger partial charge >= 0.3 is 0 Å². The zero-order valence-corrected chi connectivity index (χ0v) is 21.1. The third-order valence-electron chi connectivity index (χ3n) is 5.12. The van der Waals surface area contributed by atoms with E-state index in [0.717, 1.165) is 25.6 Å². The summed E-state index contributed by atoms with van der Waals surface area (Å²) >= 11 is 0. The first-order valence-electron chi connectivity index (χ1n) is 10.9. The van der Waals surface area contributed by atoms with Crippen LogP contribution in [0.2, 0.25) is 0 Å². The van der Waals surface area contributed by atoms with E-state index in [4.69, 9.17) is 4.99 Å². The minimum atomic E-state index is 0. The van der Waals surface area contributed by atoms with Gasteiger partial charge in [-0.3, -0.25) is 9.36 Å². The Bertz CT molecular complexity index is 1120. The van der Waals surface area contributed by atoms with Gasteiger partial charge in [0.25, 0.3) is 0 Å². The second-order valence-electron chi connectivity index (χ2n) is 7.54. The fourth-order valence-corrected chi connectivity index (χ4v) is 3.55. The lowest BCUT2D eigenvalue weighted by Crippen LogP contribution is -2.37. The van der Waals surface area contributed by atoms with E-state index in [1.54, 1.807) is 12.4 Å². The van der Waals surface area contributed by atoms with Crippen LogP contribution < -0.4 is 10.6 Å². The van der Waals surface area contributed by atoms with Crippen molar-refractivity contribution >= 4 is 29.9 Å². The fourth-order valence-electron chi connectivity index (χ4n) is 3.55. The number of nitrogens with zero attached hydrogens (tertiary/aromatic N) is 5. The van der Waals surface area contributed by atoms with E-state index in [0.29, 0.717) is 13.1 Å². The Labute approximate surface area is 212 Å². The molecule has 0 saturated carbocycles. The number of hydrogen-bond acceptors (Lipinski definition) is 3. The molecule has 0 aliphatic heterocycles. The minimum Gasteiger partial charge on any atom is -0.357 e. The fraction of sp³-hybridized carbons (Fsp3) is 0.240. The van der Waals surface area contributed by atoms with Gasteiger partial charge in [0.2, 0.25) is 0 Å². The van der Waals surface area contributed by atoms with Crippen molar-refractivity contribution in [1.82, 2.24) is 30.2 Å². The third kappa shape index (κ3) is 7.45. The highest BCUT2D eigenvalue weighted by Gasteiger charge is 2.05. The van der Waals surface area contributed by atoms with E-state index in [1.165, 1.54) is 22.3 Å². The number of halogens is 1. The summed E-state index contributed by atoms with van der Waals surface area (Å²) < 4.78 is 3.86. The van der Waals surface area contributed by atoms with E-state index < -0.39 is 0 Å². The molecule has 172 valence electrons. The van der Waals surface area contributed by atoms with Crippen molar-refractivity contribution in [1.29, 1.82) is 0 Å². The molecule has 0 amide bonds. The SMILES string of the molecule is CCNC(=NCc1cccc(Cn2cccn2)c1)NCc1ccccc1Cn1cccn1.I. The van der Waals surface area contributed by atoms with Gasteiger partial charge in [-0.25, -0.2) is 4.99 Å². The van der Waals surface area contributed by atoms with Gasteiger partial charge < -0.3 is 10.6 Å². The molecule has 7 nitrogen and oxygen atoms in total. The normalized spacial score (nSPS) is 11.1. The molecule has 4 aromatic rings. The average Bonchev–Trinajstić information content (AvgIpc) is 3.51. The molecule has 0 saturated heterocycles.